The van der Waals surface area contributed by atoms with Crippen molar-refractivity contribution < 1.29 is 39.5 Å². The lowest BCUT2D eigenvalue weighted by Gasteiger charge is -2.33. The molecule has 0 aliphatic rings. The Labute approximate surface area is 190 Å². The summed E-state index contributed by atoms with van der Waals surface area (Å²) >= 11 is 0. The molecule has 5 aromatic rings. The predicted molar refractivity (Wildman–Crippen MR) is 112 cm³/mol. The lowest BCUT2D eigenvalue weighted by molar-refractivity contribution is -0.399. The average molecular weight is 498 g/mol. The molecule has 5 rings (SSSR count). The third kappa shape index (κ3) is 3.13. The highest BCUT2D eigenvalue weighted by molar-refractivity contribution is 6.23. The minimum atomic E-state index is -6.98. The quantitative estimate of drug-likeness (QED) is 0.143. The van der Waals surface area contributed by atoms with Gasteiger partial charge in [-0.1, -0.05) is 54.6 Å². The second kappa shape index (κ2) is 7.19. The predicted octanol–water partition coefficient (Wildman–Crippen LogP) is 8.01. The molecule has 0 unspecified atom stereocenters. The molecule has 0 atom stereocenters. The van der Waals surface area contributed by atoms with E-state index in [1.165, 1.54) is 0 Å². The van der Waals surface area contributed by atoms with E-state index in [0.29, 0.717) is 28.4 Å². The molecule has 0 bridgehead atoms. The van der Waals surface area contributed by atoms with Gasteiger partial charge in [-0.05, 0) is 22.9 Å². The van der Waals surface area contributed by atoms with Crippen molar-refractivity contribution in [3.63, 3.8) is 0 Å². The maximum Gasteiger partial charge on any atom is 0.460 e. The zero-order chi connectivity index (χ0) is 25.4. The minimum absolute atomic E-state index is 0.0385. The van der Waals surface area contributed by atoms with Crippen LogP contribution in [-0.4, -0.2) is 28.0 Å². The summed E-state index contributed by atoms with van der Waals surface area (Å²) in [7, 11) is 0. The van der Waals surface area contributed by atoms with Gasteiger partial charge in [-0.15, -0.1) is 0 Å². The molecule has 11 heteroatoms. The van der Waals surface area contributed by atoms with Crippen LogP contribution in [0.25, 0.3) is 43.6 Å². The highest BCUT2D eigenvalue weighted by Gasteiger charge is 2.82. The molecule has 35 heavy (non-hydrogen) atoms. The van der Waals surface area contributed by atoms with Crippen LogP contribution in [-0.2, 0) is 5.92 Å². The van der Waals surface area contributed by atoms with Crippen LogP contribution < -0.4 is 0 Å². The fraction of sp³-hybridized carbons (Fsp3) is 0.167. The SMILES string of the molecule is FC(F)(F)C(F)(F)C(F)(F)C(F)(F)c1ccc2nc3c4ccccc4c4ccccc4c3nc2c1. The molecule has 0 spiro atoms. The molecule has 0 aliphatic heterocycles. The van der Waals surface area contributed by atoms with Gasteiger partial charge in [0.1, 0.15) is 0 Å². The van der Waals surface area contributed by atoms with Crippen LogP contribution in [0.3, 0.4) is 0 Å². The van der Waals surface area contributed by atoms with E-state index in [-0.39, 0.29) is 16.6 Å². The minimum Gasteiger partial charge on any atom is -0.244 e. The monoisotopic (exact) mass is 498 g/mol. The molecule has 0 radical (unpaired) electrons. The van der Waals surface area contributed by atoms with Crippen LogP contribution in [0.2, 0.25) is 0 Å². The summed E-state index contributed by atoms with van der Waals surface area (Å²) in [6, 6.07) is 15.6. The first-order chi connectivity index (χ1) is 16.3. The maximum atomic E-state index is 14.5. The van der Waals surface area contributed by atoms with Gasteiger partial charge in [0.15, 0.2) is 0 Å². The Kier molecular flexibility index (Phi) is 4.75. The first-order valence-corrected chi connectivity index (χ1v) is 9.99. The number of halogens is 9. The molecular weight excluding hydrogens is 487 g/mol. The number of alkyl halides is 9. The van der Waals surface area contributed by atoms with E-state index in [1.54, 1.807) is 42.5 Å². The van der Waals surface area contributed by atoms with E-state index in [0.717, 1.165) is 16.8 Å². The molecule has 0 saturated heterocycles. The van der Waals surface area contributed by atoms with Gasteiger partial charge in [-0.25, -0.2) is 9.97 Å². The molecule has 4 aromatic carbocycles. The molecule has 0 saturated carbocycles. The molecule has 0 fully saturated rings. The Hall–Kier alpha value is -3.63. The Morgan fingerprint density at radius 1 is 0.486 bits per heavy atom. The van der Waals surface area contributed by atoms with E-state index in [4.69, 9.17) is 0 Å². The number of nitrogens with zero attached hydrogens (tertiary/aromatic N) is 2. The van der Waals surface area contributed by atoms with Gasteiger partial charge in [0.2, 0.25) is 0 Å². The van der Waals surface area contributed by atoms with Gasteiger partial charge >= 0.3 is 23.9 Å². The van der Waals surface area contributed by atoms with Crippen LogP contribution in [0.15, 0.2) is 66.7 Å². The molecule has 1 heterocycles. The maximum absolute atomic E-state index is 14.5. The van der Waals surface area contributed by atoms with Gasteiger partial charge in [0.05, 0.1) is 22.1 Å². The first kappa shape index (κ1) is 23.1. The molecule has 0 amide bonds. The fourth-order valence-corrected chi connectivity index (χ4v) is 4.03. The summed E-state index contributed by atoms with van der Waals surface area (Å²) in [5.41, 5.74) is -1.57. The van der Waals surface area contributed by atoms with Crippen LogP contribution in [0.4, 0.5) is 39.5 Å². The van der Waals surface area contributed by atoms with Crippen molar-refractivity contribution in [1.82, 2.24) is 9.97 Å². The molecule has 0 aliphatic carbocycles. The smallest absolute Gasteiger partial charge is 0.244 e. The van der Waals surface area contributed by atoms with E-state index in [2.05, 4.69) is 9.97 Å². The van der Waals surface area contributed by atoms with E-state index >= 15 is 0 Å². The Balaban J connectivity index is 1.77. The summed E-state index contributed by atoms with van der Waals surface area (Å²) < 4.78 is 121. The van der Waals surface area contributed by atoms with E-state index in [9.17, 15) is 39.5 Å². The van der Waals surface area contributed by atoms with Gasteiger partial charge in [-0.2, -0.15) is 39.5 Å². The number of fused-ring (bicyclic) bond motifs is 7. The molecular formula is C24H11F9N2. The molecule has 180 valence electrons. The normalized spacial score (nSPS) is 13.9. The summed E-state index contributed by atoms with van der Waals surface area (Å²) in [5.74, 6) is -19.6. The fourth-order valence-electron chi connectivity index (χ4n) is 4.03. The van der Waals surface area contributed by atoms with Crippen molar-refractivity contribution in [1.29, 1.82) is 0 Å². The highest BCUT2D eigenvalue weighted by Crippen LogP contribution is 2.56. The van der Waals surface area contributed by atoms with Gasteiger partial charge in [0.25, 0.3) is 0 Å². The summed E-state index contributed by atoms with van der Waals surface area (Å²) in [4.78, 5) is 8.68. The molecule has 2 nitrogen and oxygen atoms in total. The van der Waals surface area contributed by atoms with Crippen LogP contribution >= 0.6 is 0 Å². The number of hydrogen-bond acceptors (Lipinski definition) is 2. The second-order valence-electron chi connectivity index (χ2n) is 7.94. The van der Waals surface area contributed by atoms with Crippen molar-refractivity contribution in [2.24, 2.45) is 0 Å². The summed E-state index contributed by atoms with van der Waals surface area (Å²) in [6.07, 6.45) is -6.90. The topological polar surface area (TPSA) is 25.8 Å². The third-order valence-corrected chi connectivity index (χ3v) is 5.83. The van der Waals surface area contributed by atoms with Crippen molar-refractivity contribution in [3.8, 4) is 0 Å². The lowest BCUT2D eigenvalue weighted by Crippen LogP contribution is -2.59. The van der Waals surface area contributed by atoms with E-state index in [1.807, 2.05) is 6.07 Å². The van der Waals surface area contributed by atoms with E-state index < -0.39 is 29.5 Å². The second-order valence-corrected chi connectivity index (χ2v) is 7.94. The van der Waals surface area contributed by atoms with Crippen LogP contribution in [0.5, 0.6) is 0 Å². The van der Waals surface area contributed by atoms with Gasteiger partial charge in [0, 0.05) is 16.3 Å². The first-order valence-electron chi connectivity index (χ1n) is 9.99. The zero-order valence-electron chi connectivity index (χ0n) is 17.1. The highest BCUT2D eigenvalue weighted by atomic mass is 19.4. The number of benzene rings is 4. The van der Waals surface area contributed by atoms with Crippen LogP contribution in [0, 0.1) is 0 Å². The van der Waals surface area contributed by atoms with Crippen molar-refractivity contribution in [2.75, 3.05) is 0 Å². The van der Waals surface area contributed by atoms with Crippen molar-refractivity contribution >= 4 is 43.6 Å². The largest absolute Gasteiger partial charge is 0.460 e. The number of rotatable bonds is 3. The molecule has 0 N–H and O–H groups in total. The van der Waals surface area contributed by atoms with Crippen molar-refractivity contribution in [2.45, 2.75) is 23.9 Å². The zero-order valence-corrected chi connectivity index (χ0v) is 17.1. The summed E-state index contributed by atoms with van der Waals surface area (Å²) in [6.45, 7) is 0. The van der Waals surface area contributed by atoms with Gasteiger partial charge < -0.3 is 0 Å². The summed E-state index contributed by atoms with van der Waals surface area (Å²) in [5, 5.41) is 2.78. The standard InChI is InChI=1S/C24H11F9N2/c25-21(26,22(27,28)23(29,30)24(31,32)33)12-9-10-17-18(11-12)35-20-16-8-4-2-6-14(16)13-5-1-3-7-15(13)19(20)34-17/h1-11H. The Morgan fingerprint density at radius 2 is 0.943 bits per heavy atom. The number of aromatic nitrogens is 2. The third-order valence-electron chi connectivity index (χ3n) is 5.83. The van der Waals surface area contributed by atoms with Gasteiger partial charge in [-0.3, -0.25) is 0 Å². The Morgan fingerprint density at radius 3 is 1.43 bits per heavy atom. The van der Waals surface area contributed by atoms with Crippen molar-refractivity contribution in [3.05, 3.63) is 72.3 Å². The average Bonchev–Trinajstić information content (AvgIpc) is 2.82. The Bertz CT molecular complexity index is 1620. The lowest BCUT2D eigenvalue weighted by atomic mass is 9.96. The number of hydrogen-bond donors (Lipinski definition) is 0. The van der Waals surface area contributed by atoms with Crippen LogP contribution in [0.1, 0.15) is 5.56 Å². The molecule has 1 aromatic heterocycles.